The molecule has 1 aliphatic heterocycles. The quantitative estimate of drug-likeness (QED) is 0.549. The second-order valence-electron chi connectivity index (χ2n) is 10.7. The SMILES string of the molecule is CC(=O)O[C@H]1[C@@H]2[C@@H](O)[C@@]3(OC2(C)C)[C@](C)([C@H]1Oc1ccccc1)[C@@H](OC(C)=O)[C@@H](O)C[C@]3(C)O. The largest absolute Gasteiger partial charge is 0.486 e. The molecule has 9 nitrogen and oxygen atoms in total. The van der Waals surface area contributed by atoms with E-state index in [2.05, 4.69) is 0 Å². The monoisotopic (exact) mass is 478 g/mol. The van der Waals surface area contributed by atoms with Crippen molar-refractivity contribution >= 4 is 11.9 Å². The molecule has 3 N–H and O–H groups in total. The van der Waals surface area contributed by atoms with Crippen molar-refractivity contribution in [3.05, 3.63) is 30.3 Å². The minimum atomic E-state index is -1.75. The number of aliphatic hydroxyl groups is 3. The van der Waals surface area contributed by atoms with Crippen LogP contribution in [0.5, 0.6) is 5.75 Å². The third kappa shape index (κ3) is 3.28. The Bertz CT molecular complexity index is 960. The molecule has 1 saturated heterocycles. The number of carbonyl (C=O) groups is 2. The van der Waals surface area contributed by atoms with E-state index in [1.54, 1.807) is 45.0 Å². The van der Waals surface area contributed by atoms with Crippen molar-refractivity contribution in [2.45, 2.75) is 95.3 Å². The molecule has 1 aromatic carbocycles. The van der Waals surface area contributed by atoms with Crippen molar-refractivity contribution in [2.75, 3.05) is 0 Å². The molecule has 2 saturated carbocycles. The number of aliphatic hydroxyl groups excluding tert-OH is 2. The van der Waals surface area contributed by atoms with Crippen LogP contribution < -0.4 is 4.74 Å². The first kappa shape index (κ1) is 24.9. The molecule has 2 bridgehead atoms. The summed E-state index contributed by atoms with van der Waals surface area (Å²) in [5, 5.41) is 34.6. The Morgan fingerprint density at radius 3 is 2.12 bits per heavy atom. The van der Waals surface area contributed by atoms with E-state index in [9.17, 15) is 24.9 Å². The summed E-state index contributed by atoms with van der Waals surface area (Å²) in [5.41, 5.74) is -6.07. The molecule has 34 heavy (non-hydrogen) atoms. The van der Waals surface area contributed by atoms with Gasteiger partial charge in [0, 0.05) is 20.3 Å². The van der Waals surface area contributed by atoms with Crippen molar-refractivity contribution in [3.63, 3.8) is 0 Å². The van der Waals surface area contributed by atoms with E-state index >= 15 is 0 Å². The lowest BCUT2D eigenvalue weighted by Crippen LogP contribution is -2.83. The molecule has 1 aromatic rings. The zero-order chi connectivity index (χ0) is 25.3. The van der Waals surface area contributed by atoms with Crippen molar-refractivity contribution in [2.24, 2.45) is 11.3 Å². The summed E-state index contributed by atoms with van der Waals surface area (Å²) in [5.74, 6) is -1.59. The number of rotatable bonds is 4. The van der Waals surface area contributed by atoms with Gasteiger partial charge >= 0.3 is 11.9 Å². The molecule has 9 atom stereocenters. The molecule has 4 rings (SSSR count). The van der Waals surface area contributed by atoms with E-state index in [0.29, 0.717) is 5.75 Å². The molecule has 0 unspecified atom stereocenters. The van der Waals surface area contributed by atoms with Crippen LogP contribution in [0.4, 0.5) is 0 Å². The van der Waals surface area contributed by atoms with Crippen LogP contribution >= 0.6 is 0 Å². The highest BCUT2D eigenvalue weighted by Crippen LogP contribution is 2.68. The lowest BCUT2D eigenvalue weighted by atomic mass is 9.46. The summed E-state index contributed by atoms with van der Waals surface area (Å²) >= 11 is 0. The zero-order valence-corrected chi connectivity index (χ0v) is 20.3. The van der Waals surface area contributed by atoms with Crippen molar-refractivity contribution in [1.82, 2.24) is 0 Å². The van der Waals surface area contributed by atoms with Crippen LogP contribution in [0.25, 0.3) is 0 Å². The third-order valence-electron chi connectivity index (χ3n) is 7.98. The van der Waals surface area contributed by atoms with Gasteiger partial charge in [-0.2, -0.15) is 0 Å². The van der Waals surface area contributed by atoms with E-state index < -0.39 is 70.6 Å². The van der Waals surface area contributed by atoms with Gasteiger partial charge in [0.05, 0.1) is 34.7 Å². The summed E-state index contributed by atoms with van der Waals surface area (Å²) in [7, 11) is 0. The number of para-hydroxylation sites is 1. The van der Waals surface area contributed by atoms with Crippen LogP contribution in [-0.2, 0) is 23.8 Å². The number of benzene rings is 1. The first-order valence-electron chi connectivity index (χ1n) is 11.5. The van der Waals surface area contributed by atoms with E-state index in [0.717, 1.165) is 0 Å². The summed E-state index contributed by atoms with van der Waals surface area (Å²) in [4.78, 5) is 24.4. The van der Waals surface area contributed by atoms with Gasteiger partial charge < -0.3 is 34.3 Å². The third-order valence-corrected chi connectivity index (χ3v) is 7.98. The second-order valence-corrected chi connectivity index (χ2v) is 10.7. The average molecular weight is 479 g/mol. The van der Waals surface area contributed by atoms with Crippen molar-refractivity contribution < 1.29 is 43.9 Å². The highest BCUT2D eigenvalue weighted by atomic mass is 16.6. The fourth-order valence-corrected chi connectivity index (χ4v) is 6.91. The minimum absolute atomic E-state index is 0.212. The van der Waals surface area contributed by atoms with E-state index in [1.165, 1.54) is 20.8 Å². The Hall–Kier alpha value is -2.20. The number of hydrogen-bond acceptors (Lipinski definition) is 9. The lowest BCUT2D eigenvalue weighted by Gasteiger charge is -2.65. The summed E-state index contributed by atoms with van der Waals surface area (Å²) in [6.07, 6.45) is -6.17. The standard InChI is InChI=1S/C25H34O9/c1-13(26)31-18-17-19(29)25(34-22(17,3)4)23(5,30)12-16(28)20(32-14(2)27)24(25,6)21(18)33-15-10-8-7-9-11-15/h7-11,16-21,28-30H,12H2,1-6H3/t16-,17+,18-,19+,20-,21-,23-,24-,25-/m0/s1. The molecule has 0 amide bonds. The molecule has 1 spiro atoms. The first-order valence-corrected chi connectivity index (χ1v) is 11.5. The van der Waals surface area contributed by atoms with E-state index in [1.807, 2.05) is 6.07 Å². The second kappa shape index (κ2) is 7.91. The maximum Gasteiger partial charge on any atom is 0.303 e. The number of fused-ring (bicyclic) bond motifs is 1. The van der Waals surface area contributed by atoms with Crippen molar-refractivity contribution in [3.8, 4) is 5.75 Å². The summed E-state index contributed by atoms with van der Waals surface area (Å²) in [6.45, 7) is 9.11. The van der Waals surface area contributed by atoms with Crippen LogP contribution in [-0.4, -0.2) is 74.6 Å². The normalized spacial score (nSPS) is 44.6. The molecule has 3 fully saturated rings. The summed E-state index contributed by atoms with van der Waals surface area (Å²) in [6, 6.07) is 8.81. The maximum atomic E-state index is 12.2. The van der Waals surface area contributed by atoms with Crippen LogP contribution in [0.15, 0.2) is 30.3 Å². The number of carbonyl (C=O) groups excluding carboxylic acids is 2. The Balaban J connectivity index is 2.01. The van der Waals surface area contributed by atoms with Crippen molar-refractivity contribution in [1.29, 1.82) is 0 Å². The van der Waals surface area contributed by atoms with Gasteiger partial charge in [0.25, 0.3) is 0 Å². The Morgan fingerprint density at radius 2 is 1.56 bits per heavy atom. The van der Waals surface area contributed by atoms with Crippen LogP contribution in [0.3, 0.4) is 0 Å². The van der Waals surface area contributed by atoms with Gasteiger partial charge in [0.2, 0.25) is 0 Å². The predicted octanol–water partition coefficient (Wildman–Crippen LogP) is 1.36. The molecule has 0 aromatic heterocycles. The Kier molecular flexibility index (Phi) is 5.80. The van der Waals surface area contributed by atoms with Crippen LogP contribution in [0, 0.1) is 11.3 Å². The average Bonchev–Trinajstić information content (AvgIpc) is 2.90. The molecule has 3 aliphatic rings. The number of ether oxygens (including phenoxy) is 4. The van der Waals surface area contributed by atoms with E-state index in [4.69, 9.17) is 18.9 Å². The van der Waals surface area contributed by atoms with Gasteiger partial charge in [-0.25, -0.2) is 0 Å². The highest BCUT2D eigenvalue weighted by Gasteiger charge is 2.85. The number of esters is 2. The molecule has 9 heteroatoms. The molecule has 1 heterocycles. The maximum absolute atomic E-state index is 12.2. The van der Waals surface area contributed by atoms with Crippen LogP contribution in [0.2, 0.25) is 0 Å². The zero-order valence-electron chi connectivity index (χ0n) is 20.3. The summed E-state index contributed by atoms with van der Waals surface area (Å²) < 4.78 is 24.4. The Morgan fingerprint density at radius 1 is 0.971 bits per heavy atom. The minimum Gasteiger partial charge on any atom is -0.486 e. The highest BCUT2D eigenvalue weighted by molar-refractivity contribution is 5.67. The first-order chi connectivity index (χ1) is 15.7. The molecule has 188 valence electrons. The molecule has 0 radical (unpaired) electrons. The smallest absolute Gasteiger partial charge is 0.303 e. The van der Waals surface area contributed by atoms with Gasteiger partial charge in [0.1, 0.15) is 29.7 Å². The van der Waals surface area contributed by atoms with Gasteiger partial charge in [0.15, 0.2) is 0 Å². The Labute approximate surface area is 199 Å². The topological polar surface area (TPSA) is 132 Å². The van der Waals surface area contributed by atoms with Gasteiger partial charge in [-0.1, -0.05) is 18.2 Å². The molecular formula is C25H34O9. The number of hydrogen-bond donors (Lipinski definition) is 3. The van der Waals surface area contributed by atoms with Gasteiger partial charge in [-0.15, -0.1) is 0 Å². The molecular weight excluding hydrogens is 444 g/mol. The fraction of sp³-hybridized carbons (Fsp3) is 0.680. The lowest BCUT2D eigenvalue weighted by molar-refractivity contribution is -0.348. The van der Waals surface area contributed by atoms with Gasteiger partial charge in [-0.3, -0.25) is 9.59 Å². The predicted molar refractivity (Wildman–Crippen MR) is 119 cm³/mol. The van der Waals surface area contributed by atoms with Crippen LogP contribution in [0.1, 0.15) is 48.0 Å². The van der Waals surface area contributed by atoms with Gasteiger partial charge in [-0.05, 0) is 39.8 Å². The van der Waals surface area contributed by atoms with E-state index in [-0.39, 0.29) is 6.42 Å². The molecule has 2 aliphatic carbocycles. The fourth-order valence-electron chi connectivity index (χ4n) is 6.91.